The van der Waals surface area contributed by atoms with Gasteiger partial charge in [-0.15, -0.1) is 11.3 Å². The molecule has 2 N–H and O–H groups in total. The maximum Gasteiger partial charge on any atom is 0.254 e. The topological polar surface area (TPSA) is 46.3 Å². The highest BCUT2D eigenvalue weighted by atomic mass is 32.1. The minimum absolute atomic E-state index is 0.160. The van der Waals surface area contributed by atoms with Crippen LogP contribution >= 0.6 is 11.3 Å². The molecule has 0 fully saturated rings. The van der Waals surface area contributed by atoms with Gasteiger partial charge in [-0.05, 0) is 80.7 Å². The van der Waals surface area contributed by atoms with E-state index in [1.807, 2.05) is 22.3 Å². The maximum atomic E-state index is 12.6. The number of aryl methyl sites for hydroxylation is 3. The number of fused-ring (bicyclic) bond motifs is 1. The van der Waals surface area contributed by atoms with Crippen LogP contribution in [0, 0.1) is 13.8 Å². The molecule has 3 rings (SSSR count). The van der Waals surface area contributed by atoms with Crippen molar-refractivity contribution >= 4 is 17.2 Å². The fraction of sp³-hybridized carbons (Fsp3) is 0.476. The molecule has 1 atom stereocenters. The largest absolute Gasteiger partial charge is 0.334 e. The van der Waals surface area contributed by atoms with E-state index in [1.165, 1.54) is 16.0 Å². The van der Waals surface area contributed by atoms with E-state index in [4.69, 9.17) is 5.73 Å². The number of nitrogens with two attached hydrogens (primary N) is 1. The van der Waals surface area contributed by atoms with Gasteiger partial charge in [0.05, 0.1) is 0 Å². The van der Waals surface area contributed by atoms with Crippen LogP contribution < -0.4 is 5.73 Å². The Labute approximate surface area is 154 Å². The normalized spacial score (nSPS) is 16.2. The van der Waals surface area contributed by atoms with Crippen LogP contribution in [0.25, 0.3) is 0 Å². The second kappa shape index (κ2) is 7.30. The van der Waals surface area contributed by atoms with Crippen molar-refractivity contribution in [2.24, 2.45) is 5.73 Å². The fourth-order valence-electron chi connectivity index (χ4n) is 3.47. The Morgan fingerprint density at radius 1 is 1.24 bits per heavy atom. The third-order valence-corrected chi connectivity index (χ3v) is 6.24. The molecule has 0 saturated heterocycles. The van der Waals surface area contributed by atoms with Crippen LogP contribution in [-0.4, -0.2) is 22.9 Å². The lowest BCUT2D eigenvalue weighted by atomic mass is 9.92. The van der Waals surface area contributed by atoms with E-state index in [0.29, 0.717) is 0 Å². The number of benzene rings is 1. The molecule has 0 bridgehead atoms. The molecule has 1 amide bonds. The van der Waals surface area contributed by atoms with Gasteiger partial charge in [0.1, 0.15) is 0 Å². The Bertz CT molecular complexity index is 750. The molecule has 4 heteroatoms. The van der Waals surface area contributed by atoms with Gasteiger partial charge in [-0.25, -0.2) is 0 Å². The maximum absolute atomic E-state index is 12.6. The number of hydrogen-bond acceptors (Lipinski definition) is 3. The Balaban J connectivity index is 1.52. The van der Waals surface area contributed by atoms with Crippen LogP contribution in [0.5, 0.6) is 0 Å². The van der Waals surface area contributed by atoms with Gasteiger partial charge in [0.2, 0.25) is 0 Å². The van der Waals surface area contributed by atoms with Gasteiger partial charge in [-0.3, -0.25) is 4.79 Å². The SMILES string of the molecule is Cc1cc2c(cc1C)C(=O)N(CCC(C)(N)CCCc1cccs1)C2. The molecule has 0 spiro atoms. The number of nitrogens with zero attached hydrogens (tertiary/aromatic N) is 1. The van der Waals surface area contributed by atoms with Gasteiger partial charge in [0.25, 0.3) is 5.91 Å². The van der Waals surface area contributed by atoms with Crippen molar-refractivity contribution in [2.75, 3.05) is 6.54 Å². The summed E-state index contributed by atoms with van der Waals surface area (Å²) in [5.74, 6) is 0.160. The molecule has 1 aromatic heterocycles. The van der Waals surface area contributed by atoms with Crippen LogP contribution in [0.1, 0.15) is 58.1 Å². The van der Waals surface area contributed by atoms with Gasteiger partial charge in [-0.1, -0.05) is 12.1 Å². The molecule has 134 valence electrons. The Kier molecular flexibility index (Phi) is 5.30. The summed E-state index contributed by atoms with van der Waals surface area (Å²) < 4.78 is 0. The van der Waals surface area contributed by atoms with Crippen molar-refractivity contribution in [3.63, 3.8) is 0 Å². The summed E-state index contributed by atoms with van der Waals surface area (Å²) in [5, 5.41) is 2.12. The van der Waals surface area contributed by atoms with Gasteiger partial charge < -0.3 is 10.6 Å². The lowest BCUT2D eigenvalue weighted by Crippen LogP contribution is -2.40. The van der Waals surface area contributed by atoms with Crippen molar-refractivity contribution in [1.82, 2.24) is 4.90 Å². The Morgan fingerprint density at radius 2 is 2.00 bits per heavy atom. The Hall–Kier alpha value is -1.65. The molecule has 2 aromatic rings. The molecular formula is C21H28N2OS. The van der Waals surface area contributed by atoms with Crippen molar-refractivity contribution < 1.29 is 4.79 Å². The summed E-state index contributed by atoms with van der Waals surface area (Å²) in [7, 11) is 0. The molecule has 3 nitrogen and oxygen atoms in total. The average Bonchev–Trinajstić information content (AvgIpc) is 3.16. The van der Waals surface area contributed by atoms with E-state index in [-0.39, 0.29) is 11.4 Å². The minimum atomic E-state index is -0.224. The molecule has 2 heterocycles. The lowest BCUT2D eigenvalue weighted by molar-refractivity contribution is 0.0766. The molecule has 1 aliphatic heterocycles. The monoisotopic (exact) mass is 356 g/mol. The van der Waals surface area contributed by atoms with Crippen LogP contribution in [0.4, 0.5) is 0 Å². The Morgan fingerprint density at radius 3 is 2.72 bits per heavy atom. The zero-order valence-electron chi connectivity index (χ0n) is 15.5. The molecule has 1 unspecified atom stereocenters. The highest BCUT2D eigenvalue weighted by Crippen LogP contribution is 2.27. The summed E-state index contributed by atoms with van der Waals surface area (Å²) in [6, 6.07) is 8.48. The third kappa shape index (κ3) is 4.31. The molecule has 1 aliphatic rings. The smallest absolute Gasteiger partial charge is 0.254 e. The third-order valence-electron chi connectivity index (χ3n) is 5.30. The first-order chi connectivity index (χ1) is 11.9. The fourth-order valence-corrected chi connectivity index (χ4v) is 4.22. The van der Waals surface area contributed by atoms with E-state index in [2.05, 4.69) is 44.4 Å². The second-order valence-corrected chi connectivity index (χ2v) is 8.69. The van der Waals surface area contributed by atoms with E-state index < -0.39 is 0 Å². The van der Waals surface area contributed by atoms with Gasteiger partial charge >= 0.3 is 0 Å². The molecule has 25 heavy (non-hydrogen) atoms. The standard InChI is InChI=1S/C21H28N2OS/c1-15-12-17-14-23(20(24)19(17)13-16(15)2)10-9-21(3,22)8-4-6-18-7-5-11-25-18/h5,7,11-13H,4,6,8-10,14,22H2,1-3H3. The molecule has 0 saturated carbocycles. The van der Waals surface area contributed by atoms with E-state index in [9.17, 15) is 4.79 Å². The number of carbonyl (C=O) groups is 1. The quantitative estimate of drug-likeness (QED) is 0.796. The van der Waals surface area contributed by atoms with Gasteiger partial charge in [0.15, 0.2) is 0 Å². The second-order valence-electron chi connectivity index (χ2n) is 7.66. The number of thiophene rings is 1. The van der Waals surface area contributed by atoms with Crippen molar-refractivity contribution in [3.05, 3.63) is 56.8 Å². The average molecular weight is 357 g/mol. The summed E-state index contributed by atoms with van der Waals surface area (Å²) in [4.78, 5) is 16.0. The van der Waals surface area contributed by atoms with Crippen LogP contribution in [-0.2, 0) is 13.0 Å². The first-order valence-electron chi connectivity index (χ1n) is 9.06. The summed E-state index contributed by atoms with van der Waals surface area (Å²) >= 11 is 1.81. The predicted molar refractivity (Wildman–Crippen MR) is 105 cm³/mol. The number of rotatable bonds is 7. The number of hydrogen-bond donors (Lipinski definition) is 1. The number of amides is 1. The van der Waals surface area contributed by atoms with E-state index in [1.54, 1.807) is 0 Å². The van der Waals surface area contributed by atoms with E-state index in [0.717, 1.165) is 49.9 Å². The molecule has 0 radical (unpaired) electrons. The highest BCUT2D eigenvalue weighted by molar-refractivity contribution is 7.09. The van der Waals surface area contributed by atoms with Gasteiger partial charge in [0, 0.05) is 29.1 Å². The van der Waals surface area contributed by atoms with Crippen LogP contribution in [0.2, 0.25) is 0 Å². The minimum Gasteiger partial charge on any atom is -0.334 e. The first-order valence-corrected chi connectivity index (χ1v) is 9.94. The van der Waals surface area contributed by atoms with Crippen molar-refractivity contribution in [2.45, 2.75) is 58.5 Å². The summed E-state index contributed by atoms with van der Waals surface area (Å²) in [6.45, 7) is 7.74. The zero-order valence-corrected chi connectivity index (χ0v) is 16.3. The highest BCUT2D eigenvalue weighted by Gasteiger charge is 2.29. The van der Waals surface area contributed by atoms with Gasteiger partial charge in [-0.2, -0.15) is 0 Å². The van der Waals surface area contributed by atoms with Crippen molar-refractivity contribution in [3.8, 4) is 0 Å². The van der Waals surface area contributed by atoms with E-state index >= 15 is 0 Å². The summed E-state index contributed by atoms with van der Waals surface area (Å²) in [5.41, 5.74) is 10.7. The lowest BCUT2D eigenvalue weighted by Gasteiger charge is -2.27. The zero-order chi connectivity index (χ0) is 18.0. The molecule has 0 aliphatic carbocycles. The predicted octanol–water partition coefficient (Wildman–Crippen LogP) is 4.45. The molecule has 1 aromatic carbocycles. The first kappa shape index (κ1) is 18.2. The number of carbonyl (C=O) groups excluding carboxylic acids is 1. The van der Waals surface area contributed by atoms with Crippen LogP contribution in [0.3, 0.4) is 0 Å². The summed E-state index contributed by atoms with van der Waals surface area (Å²) in [6.07, 6.45) is 4.02. The van der Waals surface area contributed by atoms with Crippen molar-refractivity contribution in [1.29, 1.82) is 0 Å². The van der Waals surface area contributed by atoms with Crippen LogP contribution in [0.15, 0.2) is 29.6 Å². The molecular weight excluding hydrogens is 328 g/mol.